The van der Waals surface area contributed by atoms with E-state index in [0.29, 0.717) is 25.2 Å². The molecule has 0 unspecified atom stereocenters. The molecule has 0 fully saturated rings. The second kappa shape index (κ2) is 8.78. The van der Waals surface area contributed by atoms with Gasteiger partial charge in [-0.05, 0) is 36.6 Å². The maximum atomic E-state index is 12.8. The van der Waals surface area contributed by atoms with Crippen LogP contribution in [-0.2, 0) is 13.1 Å². The van der Waals surface area contributed by atoms with E-state index in [2.05, 4.69) is 11.2 Å². The molecule has 0 radical (unpaired) electrons. The zero-order valence-electron chi connectivity index (χ0n) is 14.6. The standard InChI is InChI=1S/C19H22N4O2/c1-3-11-22(14-16-7-5-15(13-20)6-8-16)19(25)17-9-10-18(24)23(21-17)12-4-2/h5-10H,3-4,11-12,14H2,1-2H3. The summed E-state index contributed by atoms with van der Waals surface area (Å²) in [7, 11) is 0. The van der Waals surface area contributed by atoms with Crippen molar-refractivity contribution in [2.24, 2.45) is 0 Å². The summed E-state index contributed by atoms with van der Waals surface area (Å²) in [5, 5.41) is 13.1. The molecule has 0 saturated heterocycles. The van der Waals surface area contributed by atoms with E-state index >= 15 is 0 Å². The van der Waals surface area contributed by atoms with Crippen LogP contribution in [0.4, 0.5) is 0 Å². The largest absolute Gasteiger partial charge is 0.333 e. The lowest BCUT2D eigenvalue weighted by Crippen LogP contribution is -2.34. The summed E-state index contributed by atoms with van der Waals surface area (Å²) in [5.41, 5.74) is 1.61. The number of amides is 1. The zero-order chi connectivity index (χ0) is 18.2. The highest BCUT2D eigenvalue weighted by atomic mass is 16.2. The van der Waals surface area contributed by atoms with Gasteiger partial charge in [0, 0.05) is 25.7 Å². The number of nitriles is 1. The topological polar surface area (TPSA) is 79.0 Å². The molecule has 0 saturated carbocycles. The van der Waals surface area contributed by atoms with E-state index < -0.39 is 0 Å². The van der Waals surface area contributed by atoms with Gasteiger partial charge in [0.05, 0.1) is 11.6 Å². The van der Waals surface area contributed by atoms with E-state index in [9.17, 15) is 9.59 Å². The van der Waals surface area contributed by atoms with E-state index in [-0.39, 0.29) is 17.2 Å². The van der Waals surface area contributed by atoms with Crippen LogP contribution in [0.3, 0.4) is 0 Å². The molecule has 0 bridgehead atoms. The van der Waals surface area contributed by atoms with Crippen molar-refractivity contribution in [3.8, 4) is 6.07 Å². The normalized spacial score (nSPS) is 10.3. The van der Waals surface area contributed by atoms with E-state index in [0.717, 1.165) is 18.4 Å². The van der Waals surface area contributed by atoms with Gasteiger partial charge in [-0.15, -0.1) is 0 Å². The van der Waals surface area contributed by atoms with Crippen LogP contribution in [-0.4, -0.2) is 27.1 Å². The molecule has 25 heavy (non-hydrogen) atoms. The van der Waals surface area contributed by atoms with Crippen LogP contribution in [0, 0.1) is 11.3 Å². The number of carbonyl (C=O) groups is 1. The molecular formula is C19H22N4O2. The van der Waals surface area contributed by atoms with Crippen LogP contribution >= 0.6 is 0 Å². The summed E-state index contributed by atoms with van der Waals surface area (Å²) in [5.74, 6) is -0.198. The molecule has 1 aromatic carbocycles. The Bertz CT molecular complexity index is 819. The lowest BCUT2D eigenvalue weighted by atomic mass is 10.1. The molecule has 6 nitrogen and oxygen atoms in total. The van der Waals surface area contributed by atoms with Gasteiger partial charge in [0.1, 0.15) is 5.69 Å². The zero-order valence-corrected chi connectivity index (χ0v) is 14.6. The molecule has 0 aliphatic rings. The summed E-state index contributed by atoms with van der Waals surface area (Å²) in [6.07, 6.45) is 1.59. The van der Waals surface area contributed by atoms with Crippen molar-refractivity contribution in [2.75, 3.05) is 6.54 Å². The first-order valence-electron chi connectivity index (χ1n) is 8.45. The van der Waals surface area contributed by atoms with Gasteiger partial charge in [-0.1, -0.05) is 26.0 Å². The Balaban J connectivity index is 2.23. The smallest absolute Gasteiger partial charge is 0.274 e. The number of aromatic nitrogens is 2. The fraction of sp³-hybridized carbons (Fsp3) is 0.368. The van der Waals surface area contributed by atoms with Crippen LogP contribution in [0.1, 0.15) is 48.3 Å². The maximum Gasteiger partial charge on any atom is 0.274 e. The third-order valence-corrected chi connectivity index (χ3v) is 3.76. The number of carbonyl (C=O) groups excluding carboxylic acids is 1. The Morgan fingerprint density at radius 1 is 1.16 bits per heavy atom. The monoisotopic (exact) mass is 338 g/mol. The molecule has 0 aliphatic carbocycles. The first-order valence-corrected chi connectivity index (χ1v) is 8.45. The Labute approximate surface area is 147 Å². The van der Waals surface area contributed by atoms with Crippen molar-refractivity contribution in [3.05, 3.63) is 63.6 Å². The van der Waals surface area contributed by atoms with Gasteiger partial charge in [0.25, 0.3) is 11.5 Å². The summed E-state index contributed by atoms with van der Waals surface area (Å²) < 4.78 is 1.33. The highest BCUT2D eigenvalue weighted by molar-refractivity contribution is 5.92. The Kier molecular flexibility index (Phi) is 6.47. The Hall–Kier alpha value is -2.94. The van der Waals surface area contributed by atoms with Crippen LogP contribution in [0.15, 0.2) is 41.2 Å². The average molecular weight is 338 g/mol. The SMILES string of the molecule is CCCN(Cc1ccc(C#N)cc1)C(=O)c1ccc(=O)n(CCC)n1. The lowest BCUT2D eigenvalue weighted by molar-refractivity contribution is 0.0734. The molecule has 130 valence electrons. The maximum absolute atomic E-state index is 12.8. The van der Waals surface area contributed by atoms with Crippen molar-refractivity contribution < 1.29 is 4.79 Å². The van der Waals surface area contributed by atoms with Crippen molar-refractivity contribution in [2.45, 2.75) is 39.8 Å². The van der Waals surface area contributed by atoms with Crippen LogP contribution in [0.2, 0.25) is 0 Å². The van der Waals surface area contributed by atoms with Crippen LogP contribution < -0.4 is 5.56 Å². The number of aryl methyl sites for hydroxylation is 1. The molecular weight excluding hydrogens is 316 g/mol. The van der Waals surface area contributed by atoms with Crippen molar-refractivity contribution >= 4 is 5.91 Å². The van der Waals surface area contributed by atoms with Crippen molar-refractivity contribution in [3.63, 3.8) is 0 Å². The highest BCUT2D eigenvalue weighted by Crippen LogP contribution is 2.10. The van der Waals surface area contributed by atoms with Gasteiger partial charge >= 0.3 is 0 Å². The quantitative estimate of drug-likeness (QED) is 0.777. The molecule has 1 aromatic heterocycles. The van der Waals surface area contributed by atoms with E-state index in [1.807, 2.05) is 26.0 Å². The lowest BCUT2D eigenvalue weighted by Gasteiger charge is -2.22. The molecule has 0 N–H and O–H groups in total. The summed E-state index contributed by atoms with van der Waals surface area (Å²) in [4.78, 5) is 26.3. The number of benzene rings is 1. The molecule has 6 heteroatoms. The summed E-state index contributed by atoms with van der Waals surface area (Å²) in [6, 6.07) is 12.1. The fourth-order valence-corrected chi connectivity index (χ4v) is 2.52. The first-order chi connectivity index (χ1) is 12.1. The predicted molar refractivity (Wildman–Crippen MR) is 95.0 cm³/mol. The minimum atomic E-state index is -0.201. The number of rotatable bonds is 7. The molecule has 1 amide bonds. The molecule has 0 spiro atoms. The van der Waals surface area contributed by atoms with Gasteiger partial charge in [0.15, 0.2) is 0 Å². The van der Waals surface area contributed by atoms with E-state index in [1.54, 1.807) is 17.0 Å². The minimum absolute atomic E-state index is 0.198. The molecule has 2 rings (SSSR count). The summed E-state index contributed by atoms with van der Waals surface area (Å²) in [6.45, 7) is 5.48. The molecule has 2 aromatic rings. The molecule has 0 atom stereocenters. The first kappa shape index (κ1) is 18.4. The number of hydrogen-bond acceptors (Lipinski definition) is 4. The van der Waals surface area contributed by atoms with Gasteiger partial charge in [0.2, 0.25) is 0 Å². The Morgan fingerprint density at radius 3 is 2.48 bits per heavy atom. The van der Waals surface area contributed by atoms with E-state index in [4.69, 9.17) is 5.26 Å². The second-order valence-corrected chi connectivity index (χ2v) is 5.82. The molecule has 1 heterocycles. The second-order valence-electron chi connectivity index (χ2n) is 5.82. The van der Waals surface area contributed by atoms with Crippen molar-refractivity contribution in [1.29, 1.82) is 5.26 Å². The molecule has 0 aliphatic heterocycles. The van der Waals surface area contributed by atoms with Gasteiger partial charge in [-0.25, -0.2) is 4.68 Å². The van der Waals surface area contributed by atoms with Gasteiger partial charge in [-0.3, -0.25) is 9.59 Å². The highest BCUT2D eigenvalue weighted by Gasteiger charge is 2.18. The summed E-state index contributed by atoms with van der Waals surface area (Å²) >= 11 is 0. The van der Waals surface area contributed by atoms with Crippen LogP contribution in [0.25, 0.3) is 0 Å². The third kappa shape index (κ3) is 4.77. The van der Waals surface area contributed by atoms with Gasteiger partial charge in [-0.2, -0.15) is 10.4 Å². The van der Waals surface area contributed by atoms with E-state index in [1.165, 1.54) is 16.8 Å². The average Bonchev–Trinajstić information content (AvgIpc) is 2.63. The van der Waals surface area contributed by atoms with Crippen molar-refractivity contribution in [1.82, 2.24) is 14.7 Å². The fourth-order valence-electron chi connectivity index (χ4n) is 2.52. The number of hydrogen-bond donors (Lipinski definition) is 0. The number of nitrogens with zero attached hydrogens (tertiary/aromatic N) is 4. The van der Waals surface area contributed by atoms with Crippen LogP contribution in [0.5, 0.6) is 0 Å². The minimum Gasteiger partial charge on any atom is -0.333 e. The third-order valence-electron chi connectivity index (χ3n) is 3.76. The van der Waals surface area contributed by atoms with Gasteiger partial charge < -0.3 is 4.90 Å². The predicted octanol–water partition coefficient (Wildman–Crippen LogP) is 2.58. The Morgan fingerprint density at radius 2 is 1.88 bits per heavy atom.